The molecule has 0 saturated heterocycles. The van der Waals surface area contributed by atoms with Crippen LogP contribution in [0.5, 0.6) is 0 Å². The molecule has 0 saturated carbocycles. The summed E-state index contributed by atoms with van der Waals surface area (Å²) in [5.41, 5.74) is 2.41. The number of aryl methyl sites for hydroxylation is 1. The van der Waals surface area contributed by atoms with Crippen LogP contribution in [0.4, 0.5) is 0 Å². The summed E-state index contributed by atoms with van der Waals surface area (Å²) < 4.78 is 9.90. The topological polar surface area (TPSA) is 81.4 Å². The number of nitrogens with one attached hydrogen (secondary N) is 1. The fraction of sp³-hybridized carbons (Fsp3) is 0.357. The summed E-state index contributed by atoms with van der Waals surface area (Å²) >= 11 is 0. The maximum Gasteiger partial charge on any atom is 0.306 e. The van der Waals surface area contributed by atoms with E-state index in [0.717, 1.165) is 11.1 Å². The summed E-state index contributed by atoms with van der Waals surface area (Å²) in [5.74, 6) is 0.0298. The van der Waals surface area contributed by atoms with Crippen LogP contribution in [0.2, 0.25) is 0 Å². The second kappa shape index (κ2) is 6.18. The number of carbonyl (C=O) groups excluding carboxylic acids is 2. The van der Waals surface area contributed by atoms with Crippen molar-refractivity contribution in [3.63, 3.8) is 0 Å². The third kappa shape index (κ3) is 3.57. The van der Waals surface area contributed by atoms with Crippen LogP contribution in [0.15, 0.2) is 22.6 Å². The van der Waals surface area contributed by atoms with Crippen LogP contribution in [0.25, 0.3) is 11.1 Å². The lowest BCUT2D eigenvalue weighted by molar-refractivity contribution is -0.142. The molecule has 0 aliphatic carbocycles. The molecular formula is C14H16N2O4. The smallest absolute Gasteiger partial charge is 0.306 e. The van der Waals surface area contributed by atoms with Gasteiger partial charge in [0.15, 0.2) is 11.5 Å². The minimum Gasteiger partial charge on any atom is -0.469 e. The van der Waals surface area contributed by atoms with Crippen molar-refractivity contribution in [3.8, 4) is 0 Å². The van der Waals surface area contributed by atoms with E-state index in [2.05, 4.69) is 15.0 Å². The molecule has 0 bridgehead atoms. The number of methoxy groups -OCH3 is 1. The molecule has 2 aromatic rings. The summed E-state index contributed by atoms with van der Waals surface area (Å²) in [6.45, 7) is 2.17. The van der Waals surface area contributed by atoms with Crippen LogP contribution in [-0.2, 0) is 20.9 Å². The highest BCUT2D eigenvalue weighted by atomic mass is 16.5. The highest BCUT2D eigenvalue weighted by Crippen LogP contribution is 2.16. The maximum atomic E-state index is 11.5. The van der Waals surface area contributed by atoms with Gasteiger partial charge in [0.2, 0.25) is 5.91 Å². The Balaban J connectivity index is 1.88. The monoisotopic (exact) mass is 276 g/mol. The van der Waals surface area contributed by atoms with Crippen molar-refractivity contribution in [1.29, 1.82) is 0 Å². The lowest BCUT2D eigenvalue weighted by Gasteiger charge is -2.04. The van der Waals surface area contributed by atoms with Crippen molar-refractivity contribution < 1.29 is 18.7 Å². The van der Waals surface area contributed by atoms with E-state index in [-0.39, 0.29) is 18.7 Å². The summed E-state index contributed by atoms with van der Waals surface area (Å²) in [6.07, 6.45) is 0.207. The number of oxazole rings is 1. The van der Waals surface area contributed by atoms with Gasteiger partial charge in [0.05, 0.1) is 13.5 Å². The normalized spacial score (nSPS) is 10.5. The molecule has 1 amide bonds. The van der Waals surface area contributed by atoms with Gasteiger partial charge in [-0.1, -0.05) is 6.07 Å². The average molecular weight is 276 g/mol. The van der Waals surface area contributed by atoms with E-state index in [9.17, 15) is 9.59 Å². The number of esters is 1. The van der Waals surface area contributed by atoms with E-state index >= 15 is 0 Å². The SMILES string of the molecule is COC(=O)CCC(=O)NCc1ccc2nc(C)oc2c1. The number of ether oxygens (including phenoxy) is 1. The molecule has 20 heavy (non-hydrogen) atoms. The summed E-state index contributed by atoms with van der Waals surface area (Å²) in [7, 11) is 1.30. The Morgan fingerprint density at radius 3 is 2.90 bits per heavy atom. The Labute approximate surface area is 116 Å². The number of benzene rings is 1. The molecule has 1 heterocycles. The van der Waals surface area contributed by atoms with Gasteiger partial charge in [-0.25, -0.2) is 4.98 Å². The molecule has 0 spiro atoms. The van der Waals surface area contributed by atoms with Crippen LogP contribution in [-0.4, -0.2) is 24.0 Å². The Hall–Kier alpha value is -2.37. The van der Waals surface area contributed by atoms with Gasteiger partial charge in [-0.2, -0.15) is 0 Å². The zero-order valence-corrected chi connectivity index (χ0v) is 11.4. The van der Waals surface area contributed by atoms with Crippen molar-refractivity contribution in [3.05, 3.63) is 29.7 Å². The Morgan fingerprint density at radius 1 is 1.35 bits per heavy atom. The highest BCUT2D eigenvalue weighted by molar-refractivity contribution is 5.81. The van der Waals surface area contributed by atoms with Gasteiger partial charge in [0, 0.05) is 19.9 Å². The summed E-state index contributed by atoms with van der Waals surface area (Å²) in [5, 5.41) is 2.74. The number of fused-ring (bicyclic) bond motifs is 1. The van der Waals surface area contributed by atoms with E-state index in [4.69, 9.17) is 4.42 Å². The number of amides is 1. The van der Waals surface area contributed by atoms with Crippen molar-refractivity contribution in [2.45, 2.75) is 26.3 Å². The van der Waals surface area contributed by atoms with Gasteiger partial charge in [0.1, 0.15) is 5.52 Å². The predicted octanol–water partition coefficient (Wildman–Crippen LogP) is 1.71. The van der Waals surface area contributed by atoms with Gasteiger partial charge < -0.3 is 14.5 Å². The first-order valence-corrected chi connectivity index (χ1v) is 6.28. The Morgan fingerprint density at radius 2 is 2.15 bits per heavy atom. The molecule has 6 heteroatoms. The second-order valence-corrected chi connectivity index (χ2v) is 4.39. The maximum absolute atomic E-state index is 11.5. The first-order chi connectivity index (χ1) is 9.58. The van der Waals surface area contributed by atoms with Crippen molar-refractivity contribution >= 4 is 23.0 Å². The molecular weight excluding hydrogens is 260 g/mol. The van der Waals surface area contributed by atoms with Crippen molar-refractivity contribution in [1.82, 2.24) is 10.3 Å². The van der Waals surface area contributed by atoms with E-state index in [0.29, 0.717) is 18.0 Å². The molecule has 2 rings (SSSR count). The van der Waals surface area contributed by atoms with E-state index in [1.807, 2.05) is 18.2 Å². The lowest BCUT2D eigenvalue weighted by Crippen LogP contribution is -2.23. The van der Waals surface area contributed by atoms with Crippen LogP contribution >= 0.6 is 0 Å². The zero-order valence-electron chi connectivity index (χ0n) is 11.4. The van der Waals surface area contributed by atoms with Crippen LogP contribution in [0, 0.1) is 6.92 Å². The number of aromatic nitrogens is 1. The first-order valence-electron chi connectivity index (χ1n) is 6.28. The first kappa shape index (κ1) is 14.0. The molecule has 1 aromatic heterocycles. The standard InChI is InChI=1S/C14H16N2O4/c1-9-16-11-4-3-10(7-12(11)20-9)8-15-13(17)5-6-14(18)19-2/h3-4,7H,5-6,8H2,1-2H3,(H,15,17). The van der Waals surface area contributed by atoms with Gasteiger partial charge in [-0.3, -0.25) is 9.59 Å². The zero-order chi connectivity index (χ0) is 14.5. The fourth-order valence-corrected chi connectivity index (χ4v) is 1.80. The third-order valence-corrected chi connectivity index (χ3v) is 2.83. The molecule has 1 N–H and O–H groups in total. The van der Waals surface area contributed by atoms with E-state index in [1.54, 1.807) is 6.92 Å². The van der Waals surface area contributed by atoms with Gasteiger partial charge in [0.25, 0.3) is 0 Å². The Bertz CT molecular complexity index is 633. The van der Waals surface area contributed by atoms with Crippen LogP contribution < -0.4 is 5.32 Å². The van der Waals surface area contributed by atoms with Crippen LogP contribution in [0.1, 0.15) is 24.3 Å². The van der Waals surface area contributed by atoms with Crippen molar-refractivity contribution in [2.75, 3.05) is 7.11 Å². The summed E-state index contributed by atoms with van der Waals surface area (Å²) in [4.78, 5) is 26.7. The second-order valence-electron chi connectivity index (χ2n) is 4.39. The molecule has 0 fully saturated rings. The molecule has 1 aromatic carbocycles. The molecule has 0 atom stereocenters. The number of nitrogens with zero attached hydrogens (tertiary/aromatic N) is 1. The van der Waals surface area contributed by atoms with Gasteiger partial charge >= 0.3 is 5.97 Å². The third-order valence-electron chi connectivity index (χ3n) is 2.83. The molecule has 0 aliphatic heterocycles. The number of carbonyl (C=O) groups is 2. The number of rotatable bonds is 5. The predicted molar refractivity (Wildman–Crippen MR) is 71.8 cm³/mol. The Kier molecular flexibility index (Phi) is 4.34. The quantitative estimate of drug-likeness (QED) is 0.841. The average Bonchev–Trinajstić information content (AvgIpc) is 2.81. The molecule has 0 aliphatic rings. The minimum absolute atomic E-state index is 0.0860. The molecule has 6 nitrogen and oxygen atoms in total. The van der Waals surface area contributed by atoms with E-state index < -0.39 is 5.97 Å². The minimum atomic E-state index is -0.390. The number of hydrogen-bond acceptors (Lipinski definition) is 5. The van der Waals surface area contributed by atoms with Crippen molar-refractivity contribution in [2.24, 2.45) is 0 Å². The fourth-order valence-electron chi connectivity index (χ4n) is 1.80. The molecule has 106 valence electrons. The summed E-state index contributed by atoms with van der Waals surface area (Å²) in [6, 6.07) is 5.57. The lowest BCUT2D eigenvalue weighted by atomic mass is 10.2. The molecule has 0 radical (unpaired) electrons. The van der Waals surface area contributed by atoms with Gasteiger partial charge in [-0.05, 0) is 17.7 Å². The highest BCUT2D eigenvalue weighted by Gasteiger charge is 2.07. The number of hydrogen-bond donors (Lipinski definition) is 1. The van der Waals surface area contributed by atoms with E-state index in [1.165, 1.54) is 7.11 Å². The van der Waals surface area contributed by atoms with Gasteiger partial charge in [-0.15, -0.1) is 0 Å². The largest absolute Gasteiger partial charge is 0.469 e. The van der Waals surface area contributed by atoms with Crippen LogP contribution in [0.3, 0.4) is 0 Å². The molecule has 0 unspecified atom stereocenters.